The molecule has 0 saturated carbocycles. The standard InChI is InChI=1S/C26H28F3N7O2/c1-7-22(26(27,28)29)13-8-17(2)38-16-24-23(14-30-35(24)5)25(37-6)31-18(3)21-11-9-20(10-12-21)15-36-33-19(4)32-34-36/h7-14H,1,3,15-16H2,2,4-6H3/b17-8+,22-13+,31-25?. The van der Waals surface area contributed by atoms with Crippen molar-refractivity contribution in [3.63, 3.8) is 0 Å². The largest absolute Gasteiger partial charge is 0.492 e. The van der Waals surface area contributed by atoms with Gasteiger partial charge in [-0.1, -0.05) is 43.5 Å². The number of hydrogen-bond acceptors (Lipinski definition) is 7. The van der Waals surface area contributed by atoms with Crippen molar-refractivity contribution in [3.8, 4) is 0 Å². The molecule has 0 radical (unpaired) electrons. The lowest BCUT2D eigenvalue weighted by Gasteiger charge is -2.11. The third-order valence-corrected chi connectivity index (χ3v) is 5.37. The summed E-state index contributed by atoms with van der Waals surface area (Å²) in [5.74, 6) is 1.14. The number of methoxy groups -OCH3 is 1. The van der Waals surface area contributed by atoms with E-state index in [0.717, 1.165) is 23.3 Å². The highest BCUT2D eigenvalue weighted by molar-refractivity contribution is 5.98. The van der Waals surface area contributed by atoms with Gasteiger partial charge in [-0.2, -0.15) is 23.1 Å². The second-order valence-corrected chi connectivity index (χ2v) is 8.15. The molecule has 0 N–H and O–H groups in total. The van der Waals surface area contributed by atoms with Crippen molar-refractivity contribution in [3.05, 3.63) is 101 Å². The van der Waals surface area contributed by atoms with E-state index in [1.54, 1.807) is 31.8 Å². The van der Waals surface area contributed by atoms with Crippen LogP contribution in [0.3, 0.4) is 0 Å². The summed E-state index contributed by atoms with van der Waals surface area (Å²) >= 11 is 0. The first-order valence-corrected chi connectivity index (χ1v) is 11.4. The summed E-state index contributed by atoms with van der Waals surface area (Å²) in [6.45, 7) is 11.1. The Bertz CT molecular complexity index is 1380. The molecule has 12 heteroatoms. The maximum atomic E-state index is 12.9. The lowest BCUT2D eigenvalue weighted by atomic mass is 10.1. The van der Waals surface area contributed by atoms with Crippen molar-refractivity contribution in [2.75, 3.05) is 7.11 Å². The number of nitrogens with zero attached hydrogens (tertiary/aromatic N) is 7. The fourth-order valence-electron chi connectivity index (χ4n) is 3.29. The van der Waals surface area contributed by atoms with E-state index in [9.17, 15) is 13.2 Å². The summed E-state index contributed by atoms with van der Waals surface area (Å²) in [6, 6.07) is 7.60. The second kappa shape index (κ2) is 12.2. The fraction of sp³-hybridized carbons (Fsp3) is 0.269. The van der Waals surface area contributed by atoms with Crippen LogP contribution in [0.15, 0.2) is 78.2 Å². The maximum absolute atomic E-state index is 12.9. The number of benzene rings is 1. The molecule has 38 heavy (non-hydrogen) atoms. The zero-order valence-electron chi connectivity index (χ0n) is 21.5. The SMILES string of the molecule is C=C/C(=C\C=C(/C)OCc1c(C(=NC(=C)c2ccc(Cn3nnc(C)n3)cc2)OC)cnn1C)C(F)(F)F. The van der Waals surface area contributed by atoms with Gasteiger partial charge in [0.25, 0.3) is 0 Å². The molecule has 1 aromatic carbocycles. The van der Waals surface area contributed by atoms with Crippen LogP contribution >= 0.6 is 0 Å². The van der Waals surface area contributed by atoms with E-state index < -0.39 is 11.7 Å². The summed E-state index contributed by atoms with van der Waals surface area (Å²) in [7, 11) is 3.19. The molecule has 200 valence electrons. The molecule has 9 nitrogen and oxygen atoms in total. The average molecular weight is 528 g/mol. The predicted molar refractivity (Wildman–Crippen MR) is 137 cm³/mol. The van der Waals surface area contributed by atoms with E-state index in [2.05, 4.69) is 38.7 Å². The molecular weight excluding hydrogens is 499 g/mol. The fourth-order valence-corrected chi connectivity index (χ4v) is 3.29. The Labute approximate surface area is 218 Å². The maximum Gasteiger partial charge on any atom is 0.416 e. The molecular formula is C26H28F3N7O2. The van der Waals surface area contributed by atoms with Crippen LogP contribution in [-0.4, -0.2) is 49.2 Å². The first-order valence-electron chi connectivity index (χ1n) is 11.4. The number of halogens is 3. The predicted octanol–water partition coefficient (Wildman–Crippen LogP) is 4.92. The zero-order chi connectivity index (χ0) is 27.9. The van der Waals surface area contributed by atoms with Gasteiger partial charge in [-0.3, -0.25) is 4.68 Å². The quantitative estimate of drug-likeness (QED) is 0.161. The van der Waals surface area contributed by atoms with E-state index in [0.29, 0.717) is 29.3 Å². The number of aromatic nitrogens is 6. The van der Waals surface area contributed by atoms with Gasteiger partial charge in [-0.15, -0.1) is 10.2 Å². The molecule has 0 aliphatic heterocycles. The third kappa shape index (κ3) is 7.28. The number of rotatable bonds is 10. The summed E-state index contributed by atoms with van der Waals surface area (Å²) in [5, 5.41) is 16.3. The molecule has 0 aliphatic carbocycles. The molecule has 3 rings (SSSR count). The number of ether oxygens (including phenoxy) is 2. The molecule has 3 aromatic rings. The number of tetrazole rings is 1. The number of alkyl halides is 3. The number of allylic oxidation sites excluding steroid dienone is 5. The molecule has 0 saturated heterocycles. The summed E-state index contributed by atoms with van der Waals surface area (Å²) in [4.78, 5) is 6.05. The Morgan fingerprint density at radius 2 is 1.89 bits per heavy atom. The van der Waals surface area contributed by atoms with Crippen molar-refractivity contribution in [2.24, 2.45) is 12.0 Å². The summed E-state index contributed by atoms with van der Waals surface area (Å²) < 4.78 is 51.4. The van der Waals surface area contributed by atoms with Crippen LogP contribution < -0.4 is 0 Å². The van der Waals surface area contributed by atoms with Gasteiger partial charge < -0.3 is 9.47 Å². The molecule has 0 unspecified atom stereocenters. The van der Waals surface area contributed by atoms with Gasteiger partial charge >= 0.3 is 6.18 Å². The van der Waals surface area contributed by atoms with Crippen LogP contribution in [0.2, 0.25) is 0 Å². The first-order chi connectivity index (χ1) is 18.0. The Balaban J connectivity index is 1.74. The molecule has 0 amide bonds. The molecule has 2 heterocycles. The van der Waals surface area contributed by atoms with Gasteiger partial charge in [0.2, 0.25) is 5.90 Å². The van der Waals surface area contributed by atoms with Gasteiger partial charge in [-0.25, -0.2) is 4.99 Å². The smallest absolute Gasteiger partial charge is 0.416 e. The lowest BCUT2D eigenvalue weighted by molar-refractivity contribution is -0.0881. The topological polar surface area (TPSA) is 92.2 Å². The molecule has 0 bridgehead atoms. The summed E-state index contributed by atoms with van der Waals surface area (Å²) in [6.07, 6.45) is -0.0265. The minimum absolute atomic E-state index is 0.0246. The Kier molecular flexibility index (Phi) is 9.00. The average Bonchev–Trinajstić information content (AvgIpc) is 3.45. The number of hydrogen-bond donors (Lipinski definition) is 0. The van der Waals surface area contributed by atoms with E-state index in [4.69, 9.17) is 9.47 Å². The minimum atomic E-state index is -4.49. The molecule has 0 spiro atoms. The molecule has 0 atom stereocenters. The van der Waals surface area contributed by atoms with Gasteiger partial charge in [0.1, 0.15) is 6.61 Å². The Hall–Kier alpha value is -4.48. The minimum Gasteiger partial charge on any atom is -0.492 e. The zero-order valence-corrected chi connectivity index (χ0v) is 21.5. The number of aliphatic imine (C=N–C) groups is 1. The van der Waals surface area contributed by atoms with Crippen LogP contribution in [0.1, 0.15) is 35.1 Å². The van der Waals surface area contributed by atoms with Crippen LogP contribution in [0.4, 0.5) is 13.2 Å². The van der Waals surface area contributed by atoms with Crippen molar-refractivity contribution in [1.82, 2.24) is 30.0 Å². The highest BCUT2D eigenvalue weighted by Crippen LogP contribution is 2.26. The van der Waals surface area contributed by atoms with Crippen LogP contribution in [0.5, 0.6) is 0 Å². The van der Waals surface area contributed by atoms with E-state index in [1.807, 2.05) is 24.3 Å². The highest BCUT2D eigenvalue weighted by Gasteiger charge is 2.30. The van der Waals surface area contributed by atoms with Gasteiger partial charge in [-0.05, 0) is 42.3 Å². The lowest BCUT2D eigenvalue weighted by Crippen LogP contribution is -2.10. The van der Waals surface area contributed by atoms with Gasteiger partial charge in [0.05, 0.1) is 48.1 Å². The Morgan fingerprint density at radius 1 is 1.18 bits per heavy atom. The van der Waals surface area contributed by atoms with E-state index in [1.165, 1.54) is 18.0 Å². The van der Waals surface area contributed by atoms with E-state index in [-0.39, 0.29) is 18.3 Å². The molecule has 0 aliphatic rings. The highest BCUT2D eigenvalue weighted by atomic mass is 19.4. The van der Waals surface area contributed by atoms with Gasteiger partial charge in [0.15, 0.2) is 5.82 Å². The van der Waals surface area contributed by atoms with Crippen molar-refractivity contribution < 1.29 is 22.6 Å². The van der Waals surface area contributed by atoms with Crippen molar-refractivity contribution >= 4 is 11.6 Å². The van der Waals surface area contributed by atoms with Crippen LogP contribution in [0, 0.1) is 6.92 Å². The monoisotopic (exact) mass is 527 g/mol. The van der Waals surface area contributed by atoms with Gasteiger partial charge in [0, 0.05) is 7.05 Å². The van der Waals surface area contributed by atoms with Crippen molar-refractivity contribution in [1.29, 1.82) is 0 Å². The molecule has 0 fully saturated rings. The van der Waals surface area contributed by atoms with Crippen molar-refractivity contribution in [2.45, 2.75) is 33.2 Å². The van der Waals surface area contributed by atoms with Crippen LogP contribution in [-0.2, 0) is 29.7 Å². The first kappa shape index (κ1) is 28.1. The normalized spacial score (nSPS) is 13.0. The van der Waals surface area contributed by atoms with E-state index >= 15 is 0 Å². The Morgan fingerprint density at radius 3 is 2.47 bits per heavy atom. The third-order valence-electron chi connectivity index (χ3n) is 5.37. The summed E-state index contributed by atoms with van der Waals surface area (Å²) in [5.41, 5.74) is 2.53. The number of aryl methyl sites for hydroxylation is 2. The second-order valence-electron chi connectivity index (χ2n) is 8.15. The van der Waals surface area contributed by atoms with Crippen LogP contribution in [0.25, 0.3) is 5.70 Å². The molecule has 2 aromatic heterocycles.